The van der Waals surface area contributed by atoms with E-state index in [1.54, 1.807) is 0 Å². The molecular formula is C12H8F3N3OS. The molecule has 4 nitrogen and oxygen atoms in total. The maximum absolute atomic E-state index is 12.8. The monoisotopic (exact) mass is 299 g/mol. The lowest BCUT2D eigenvalue weighted by atomic mass is 10.2. The van der Waals surface area contributed by atoms with Crippen LogP contribution in [0.15, 0.2) is 36.5 Å². The van der Waals surface area contributed by atoms with Crippen molar-refractivity contribution in [1.29, 1.82) is 0 Å². The van der Waals surface area contributed by atoms with Crippen LogP contribution in [0.2, 0.25) is 0 Å². The molecule has 1 aromatic carbocycles. The first-order valence-corrected chi connectivity index (χ1v) is 5.76. The third-order valence-corrected chi connectivity index (χ3v) is 2.57. The largest absolute Gasteiger partial charge is 0.436 e. The molecule has 20 heavy (non-hydrogen) atoms. The summed E-state index contributed by atoms with van der Waals surface area (Å²) < 4.78 is 43.7. The van der Waals surface area contributed by atoms with Crippen molar-refractivity contribution in [2.24, 2.45) is 5.73 Å². The zero-order valence-electron chi connectivity index (χ0n) is 9.89. The molecule has 8 heteroatoms. The number of nitrogens with zero attached hydrogens (tertiary/aromatic N) is 2. The number of aromatic nitrogens is 2. The van der Waals surface area contributed by atoms with E-state index in [0.717, 1.165) is 6.07 Å². The van der Waals surface area contributed by atoms with Gasteiger partial charge in [0.25, 0.3) is 0 Å². The predicted octanol–water partition coefficient (Wildman–Crippen LogP) is 2.92. The highest BCUT2D eigenvalue weighted by atomic mass is 32.1. The molecule has 1 heterocycles. The van der Waals surface area contributed by atoms with Crippen LogP contribution in [-0.2, 0) is 6.18 Å². The van der Waals surface area contributed by atoms with Crippen molar-refractivity contribution in [3.63, 3.8) is 0 Å². The number of ether oxygens (including phenoxy) is 1. The van der Waals surface area contributed by atoms with E-state index in [2.05, 4.69) is 10.2 Å². The Labute approximate surface area is 117 Å². The van der Waals surface area contributed by atoms with Gasteiger partial charge in [-0.2, -0.15) is 18.3 Å². The fraction of sp³-hybridized carbons (Fsp3) is 0.0833. The van der Waals surface area contributed by atoms with Crippen molar-refractivity contribution in [2.45, 2.75) is 6.18 Å². The summed E-state index contributed by atoms with van der Waals surface area (Å²) in [5.74, 6) is -0.560. The van der Waals surface area contributed by atoms with Crippen molar-refractivity contribution in [1.82, 2.24) is 10.2 Å². The summed E-state index contributed by atoms with van der Waals surface area (Å²) in [5, 5.41) is 7.16. The Hall–Kier alpha value is -2.22. The molecule has 2 N–H and O–H groups in total. The van der Waals surface area contributed by atoms with Crippen LogP contribution in [0.4, 0.5) is 13.2 Å². The van der Waals surface area contributed by atoms with Crippen LogP contribution >= 0.6 is 12.2 Å². The average molecular weight is 299 g/mol. The summed E-state index contributed by atoms with van der Waals surface area (Å²) in [6.07, 6.45) is -3.22. The van der Waals surface area contributed by atoms with E-state index in [9.17, 15) is 13.2 Å². The molecule has 0 spiro atoms. The minimum absolute atomic E-state index is 0.0422. The molecule has 0 radical (unpaired) electrons. The third-order valence-electron chi connectivity index (χ3n) is 2.35. The Morgan fingerprint density at radius 2 is 1.90 bits per heavy atom. The molecule has 0 saturated carbocycles. The molecule has 0 amide bonds. The Morgan fingerprint density at radius 3 is 2.55 bits per heavy atom. The second-order valence-electron chi connectivity index (χ2n) is 3.71. The summed E-state index contributed by atoms with van der Waals surface area (Å²) in [5.41, 5.74) is 4.75. The zero-order valence-corrected chi connectivity index (χ0v) is 10.7. The molecule has 1 aromatic heterocycles. The van der Waals surface area contributed by atoms with Crippen molar-refractivity contribution in [2.75, 3.05) is 0 Å². The maximum atomic E-state index is 12.8. The summed E-state index contributed by atoms with van der Waals surface area (Å²) in [6, 6.07) is 6.19. The second-order valence-corrected chi connectivity index (χ2v) is 4.15. The molecule has 0 unspecified atom stereocenters. The Bertz CT molecular complexity index is 646. The molecule has 2 aromatic rings. The Balaban J connectivity index is 2.44. The van der Waals surface area contributed by atoms with Gasteiger partial charge >= 0.3 is 6.18 Å². The van der Waals surface area contributed by atoms with Crippen LogP contribution in [-0.4, -0.2) is 15.2 Å². The first-order valence-electron chi connectivity index (χ1n) is 5.35. The minimum Gasteiger partial charge on any atom is -0.436 e. The van der Waals surface area contributed by atoms with Gasteiger partial charge < -0.3 is 10.5 Å². The van der Waals surface area contributed by atoms with Crippen molar-refractivity contribution in [3.8, 4) is 11.6 Å². The van der Waals surface area contributed by atoms with Crippen molar-refractivity contribution in [3.05, 3.63) is 47.7 Å². The van der Waals surface area contributed by atoms with Gasteiger partial charge in [0.2, 0.25) is 5.88 Å². The molecule has 0 bridgehead atoms. The Kier molecular flexibility index (Phi) is 3.84. The summed E-state index contributed by atoms with van der Waals surface area (Å²) >= 11 is 4.78. The van der Waals surface area contributed by atoms with Gasteiger partial charge in [0.05, 0.1) is 17.3 Å². The lowest BCUT2D eigenvalue weighted by molar-refractivity contribution is -0.138. The molecule has 0 fully saturated rings. The van der Waals surface area contributed by atoms with E-state index < -0.39 is 17.5 Å². The number of thiocarbonyl (C=S) groups is 1. The molecular weight excluding hydrogens is 291 g/mol. The van der Waals surface area contributed by atoms with Gasteiger partial charge in [-0.15, -0.1) is 5.10 Å². The minimum atomic E-state index is -4.54. The van der Waals surface area contributed by atoms with Gasteiger partial charge in [0.1, 0.15) is 10.7 Å². The van der Waals surface area contributed by atoms with Crippen LogP contribution in [0.25, 0.3) is 0 Å². The third kappa shape index (κ3) is 3.02. The highest BCUT2D eigenvalue weighted by Crippen LogP contribution is 2.37. The highest BCUT2D eigenvalue weighted by Gasteiger charge is 2.34. The Morgan fingerprint density at radius 1 is 1.20 bits per heavy atom. The zero-order chi connectivity index (χ0) is 14.8. The number of rotatable bonds is 3. The molecule has 2 rings (SSSR count). The second kappa shape index (κ2) is 5.41. The standard InChI is InChI=1S/C12H8F3N3OS/c13-12(14,15)8-3-1-2-4-9(8)19-11-7(10(16)20)5-6-17-18-11/h1-6H,(H2,16,20). The van der Waals surface area contributed by atoms with Gasteiger partial charge in [-0.25, -0.2) is 0 Å². The fourth-order valence-corrected chi connectivity index (χ4v) is 1.63. The number of benzene rings is 1. The number of nitrogens with two attached hydrogens (primary N) is 1. The van der Waals surface area contributed by atoms with E-state index in [1.807, 2.05) is 0 Å². The van der Waals surface area contributed by atoms with Crippen LogP contribution in [0.1, 0.15) is 11.1 Å². The predicted molar refractivity (Wildman–Crippen MR) is 69.4 cm³/mol. The van der Waals surface area contributed by atoms with Crippen molar-refractivity contribution >= 4 is 17.2 Å². The summed E-state index contributed by atoms with van der Waals surface area (Å²) in [7, 11) is 0. The van der Waals surface area contributed by atoms with Crippen LogP contribution < -0.4 is 10.5 Å². The number of alkyl halides is 3. The number of hydrogen-bond acceptors (Lipinski definition) is 4. The van der Waals surface area contributed by atoms with E-state index >= 15 is 0 Å². The smallest absolute Gasteiger partial charge is 0.419 e. The average Bonchev–Trinajstić information content (AvgIpc) is 2.38. The van der Waals surface area contributed by atoms with Gasteiger partial charge in [0, 0.05) is 0 Å². The van der Waals surface area contributed by atoms with E-state index in [4.69, 9.17) is 22.7 Å². The number of para-hydroxylation sites is 1. The van der Waals surface area contributed by atoms with E-state index in [1.165, 1.54) is 30.5 Å². The lowest BCUT2D eigenvalue weighted by Gasteiger charge is -2.13. The summed E-state index contributed by atoms with van der Waals surface area (Å²) in [4.78, 5) is -0.0422. The van der Waals surface area contributed by atoms with E-state index in [-0.39, 0.29) is 16.4 Å². The van der Waals surface area contributed by atoms with Gasteiger partial charge in [-0.1, -0.05) is 24.4 Å². The molecule has 0 atom stereocenters. The highest BCUT2D eigenvalue weighted by molar-refractivity contribution is 7.80. The quantitative estimate of drug-likeness (QED) is 0.883. The molecule has 0 aliphatic carbocycles. The van der Waals surface area contributed by atoms with E-state index in [0.29, 0.717) is 0 Å². The molecule has 104 valence electrons. The van der Waals surface area contributed by atoms with Gasteiger partial charge in [-0.05, 0) is 18.2 Å². The van der Waals surface area contributed by atoms with Crippen LogP contribution in [0, 0.1) is 0 Å². The first kappa shape index (κ1) is 14.2. The summed E-state index contributed by atoms with van der Waals surface area (Å²) in [6.45, 7) is 0. The normalized spacial score (nSPS) is 11.2. The topological polar surface area (TPSA) is 61.0 Å². The maximum Gasteiger partial charge on any atom is 0.419 e. The number of halogens is 3. The van der Waals surface area contributed by atoms with Crippen LogP contribution in [0.5, 0.6) is 11.6 Å². The molecule has 0 saturated heterocycles. The van der Waals surface area contributed by atoms with Crippen molar-refractivity contribution < 1.29 is 17.9 Å². The SMILES string of the molecule is NC(=S)c1ccnnc1Oc1ccccc1C(F)(F)F. The molecule has 0 aliphatic rings. The lowest BCUT2D eigenvalue weighted by Crippen LogP contribution is -2.13. The van der Waals surface area contributed by atoms with Crippen LogP contribution in [0.3, 0.4) is 0 Å². The fourth-order valence-electron chi connectivity index (χ4n) is 1.48. The first-order chi connectivity index (χ1) is 9.39. The van der Waals surface area contributed by atoms with Gasteiger partial charge in [0.15, 0.2) is 0 Å². The van der Waals surface area contributed by atoms with Gasteiger partial charge in [-0.3, -0.25) is 0 Å². The number of hydrogen-bond donors (Lipinski definition) is 1. The molecule has 0 aliphatic heterocycles.